The summed E-state index contributed by atoms with van der Waals surface area (Å²) in [5.74, 6) is 0.496. The van der Waals surface area contributed by atoms with Crippen molar-refractivity contribution in [2.75, 3.05) is 25.7 Å². The Bertz CT molecular complexity index is 905. The molecule has 2 aliphatic rings. The van der Waals surface area contributed by atoms with E-state index in [0.29, 0.717) is 24.2 Å². The summed E-state index contributed by atoms with van der Waals surface area (Å²) in [4.78, 5) is 27.0. The summed E-state index contributed by atoms with van der Waals surface area (Å²) in [6, 6.07) is 14.7. The number of hydrogen-bond donors (Lipinski definition) is 0. The highest BCUT2D eigenvalue weighted by Gasteiger charge is 2.36. The van der Waals surface area contributed by atoms with Crippen LogP contribution in [0.3, 0.4) is 0 Å². The summed E-state index contributed by atoms with van der Waals surface area (Å²) >= 11 is 0. The van der Waals surface area contributed by atoms with Gasteiger partial charge in [-0.1, -0.05) is 18.2 Å². The molecule has 2 aromatic rings. The molecule has 26 heavy (non-hydrogen) atoms. The van der Waals surface area contributed by atoms with Crippen LogP contribution in [0.15, 0.2) is 53.6 Å². The molecule has 6 heteroatoms. The molecular formula is C20H19N3O3. The fourth-order valence-corrected chi connectivity index (χ4v) is 3.50. The van der Waals surface area contributed by atoms with Crippen molar-refractivity contribution in [3.63, 3.8) is 0 Å². The molecule has 4 rings (SSSR count). The van der Waals surface area contributed by atoms with Crippen LogP contribution < -0.4 is 9.75 Å². The highest BCUT2D eigenvalue weighted by atomic mass is 16.5. The van der Waals surface area contributed by atoms with Crippen LogP contribution in [-0.4, -0.2) is 43.1 Å². The molecule has 2 aliphatic heterocycles. The Morgan fingerprint density at radius 3 is 2.42 bits per heavy atom. The molecule has 2 amide bonds. The zero-order chi connectivity index (χ0) is 18.3. The van der Waals surface area contributed by atoms with Crippen LogP contribution in [0.2, 0.25) is 0 Å². The van der Waals surface area contributed by atoms with Gasteiger partial charge in [-0.2, -0.15) is 5.10 Å². The van der Waals surface area contributed by atoms with Gasteiger partial charge in [-0.25, -0.2) is 5.01 Å². The Morgan fingerprint density at radius 2 is 1.73 bits per heavy atom. The van der Waals surface area contributed by atoms with Gasteiger partial charge in [-0.3, -0.25) is 9.59 Å². The second-order valence-electron chi connectivity index (χ2n) is 6.52. The Labute approximate surface area is 151 Å². The minimum absolute atomic E-state index is 0.0406. The maximum atomic E-state index is 12.7. The quantitative estimate of drug-likeness (QED) is 0.837. The summed E-state index contributed by atoms with van der Waals surface area (Å²) in [6.45, 7) is 0.481. The molecule has 2 aromatic carbocycles. The lowest BCUT2D eigenvalue weighted by Gasteiger charge is -2.29. The van der Waals surface area contributed by atoms with E-state index in [0.717, 1.165) is 17.0 Å². The van der Waals surface area contributed by atoms with Crippen molar-refractivity contribution in [3.05, 3.63) is 59.7 Å². The Kier molecular flexibility index (Phi) is 3.95. The molecule has 2 heterocycles. The lowest BCUT2D eigenvalue weighted by molar-refractivity contribution is -0.119. The van der Waals surface area contributed by atoms with Crippen LogP contribution >= 0.6 is 0 Å². The van der Waals surface area contributed by atoms with Crippen molar-refractivity contribution in [2.24, 2.45) is 11.0 Å². The predicted molar refractivity (Wildman–Crippen MR) is 98.5 cm³/mol. The van der Waals surface area contributed by atoms with Crippen LogP contribution in [0.1, 0.15) is 22.3 Å². The van der Waals surface area contributed by atoms with Crippen molar-refractivity contribution < 1.29 is 14.3 Å². The first-order chi connectivity index (χ1) is 12.6. The zero-order valence-corrected chi connectivity index (χ0v) is 14.7. The van der Waals surface area contributed by atoms with Gasteiger partial charge in [0.05, 0.1) is 18.5 Å². The Balaban J connectivity index is 1.82. The van der Waals surface area contributed by atoms with Gasteiger partial charge in [-0.05, 0) is 30.3 Å². The number of carbonyl (C=O) groups excluding carboxylic acids is 2. The molecular weight excluding hydrogens is 330 g/mol. The van der Waals surface area contributed by atoms with Crippen molar-refractivity contribution in [3.8, 4) is 5.75 Å². The van der Waals surface area contributed by atoms with E-state index in [1.165, 1.54) is 5.01 Å². The highest BCUT2D eigenvalue weighted by molar-refractivity contribution is 6.16. The van der Waals surface area contributed by atoms with E-state index in [9.17, 15) is 9.59 Å². The molecule has 0 fully saturated rings. The normalized spacial score (nSPS) is 19.5. The topological polar surface area (TPSA) is 62.2 Å². The van der Waals surface area contributed by atoms with Crippen LogP contribution in [0.5, 0.6) is 5.75 Å². The number of hydrazone groups is 1. The van der Waals surface area contributed by atoms with Crippen LogP contribution in [-0.2, 0) is 4.79 Å². The van der Waals surface area contributed by atoms with E-state index in [-0.39, 0.29) is 17.7 Å². The minimum Gasteiger partial charge on any atom is -0.497 e. The molecule has 0 bridgehead atoms. The van der Waals surface area contributed by atoms with Crippen LogP contribution in [0.4, 0.5) is 5.69 Å². The first-order valence-electron chi connectivity index (χ1n) is 8.49. The molecule has 0 saturated carbocycles. The molecule has 6 nitrogen and oxygen atoms in total. The molecule has 0 saturated heterocycles. The number of rotatable bonds is 2. The van der Waals surface area contributed by atoms with Gasteiger partial charge in [0.15, 0.2) is 0 Å². The smallest absolute Gasteiger partial charge is 0.254 e. The highest BCUT2D eigenvalue weighted by Crippen LogP contribution is 2.31. The van der Waals surface area contributed by atoms with E-state index in [4.69, 9.17) is 4.74 Å². The maximum Gasteiger partial charge on any atom is 0.254 e. The van der Waals surface area contributed by atoms with Gasteiger partial charge in [0.2, 0.25) is 5.91 Å². The summed E-state index contributed by atoms with van der Waals surface area (Å²) in [5, 5.41) is 6.09. The monoisotopic (exact) mass is 349 g/mol. The molecule has 1 atom stereocenters. The number of benzene rings is 2. The second kappa shape index (κ2) is 6.29. The standard InChI is InChI=1S/C20H19N3O3/c1-22-12-13-11-18(24)23(14-7-9-15(26-2)10-8-14)21-19(13)16-5-3-4-6-17(16)20(22)25/h3-10,13H,11-12H2,1-2H3. The van der Waals surface area contributed by atoms with Crippen LogP contribution in [0, 0.1) is 5.92 Å². The number of ether oxygens (including phenoxy) is 1. The Morgan fingerprint density at radius 1 is 1.04 bits per heavy atom. The van der Waals surface area contributed by atoms with Crippen molar-refractivity contribution >= 4 is 23.2 Å². The number of nitrogens with zero attached hydrogens (tertiary/aromatic N) is 3. The minimum atomic E-state index is -0.102. The van der Waals surface area contributed by atoms with Crippen molar-refractivity contribution in [1.29, 1.82) is 0 Å². The second-order valence-corrected chi connectivity index (χ2v) is 6.52. The summed E-state index contributed by atoms with van der Waals surface area (Å²) in [5.41, 5.74) is 2.90. The number of anilines is 1. The average molecular weight is 349 g/mol. The first kappa shape index (κ1) is 16.3. The molecule has 0 N–H and O–H groups in total. The fraction of sp³-hybridized carbons (Fsp3) is 0.250. The third kappa shape index (κ3) is 2.63. The number of fused-ring (bicyclic) bond motifs is 3. The fourth-order valence-electron chi connectivity index (χ4n) is 3.50. The van der Waals surface area contributed by atoms with Gasteiger partial charge in [-0.15, -0.1) is 0 Å². The van der Waals surface area contributed by atoms with E-state index in [1.807, 2.05) is 24.3 Å². The SMILES string of the molecule is COc1ccc(N2N=C3c4ccccc4C(=O)N(C)CC3CC2=O)cc1. The molecule has 0 spiro atoms. The lowest BCUT2D eigenvalue weighted by Crippen LogP contribution is -2.40. The van der Waals surface area contributed by atoms with Gasteiger partial charge >= 0.3 is 0 Å². The number of amides is 2. The number of carbonyl (C=O) groups is 2. The zero-order valence-electron chi connectivity index (χ0n) is 14.7. The summed E-state index contributed by atoms with van der Waals surface area (Å²) in [6.07, 6.45) is 0.316. The van der Waals surface area contributed by atoms with Gasteiger partial charge in [0.25, 0.3) is 5.91 Å². The van der Waals surface area contributed by atoms with Crippen molar-refractivity contribution in [1.82, 2.24) is 4.90 Å². The number of hydrogen-bond acceptors (Lipinski definition) is 4. The third-order valence-electron chi connectivity index (χ3n) is 4.84. The molecule has 0 aromatic heterocycles. The lowest BCUT2D eigenvalue weighted by atomic mass is 9.91. The van der Waals surface area contributed by atoms with E-state index in [2.05, 4.69) is 5.10 Å². The predicted octanol–water partition coefficient (Wildman–Crippen LogP) is 2.54. The molecule has 1 unspecified atom stereocenters. The Hall–Kier alpha value is -3.15. The van der Waals surface area contributed by atoms with E-state index >= 15 is 0 Å². The summed E-state index contributed by atoms with van der Waals surface area (Å²) < 4.78 is 5.17. The molecule has 132 valence electrons. The maximum absolute atomic E-state index is 12.7. The van der Waals surface area contributed by atoms with E-state index < -0.39 is 0 Å². The van der Waals surface area contributed by atoms with Gasteiger partial charge in [0.1, 0.15) is 5.75 Å². The van der Waals surface area contributed by atoms with Crippen molar-refractivity contribution in [2.45, 2.75) is 6.42 Å². The average Bonchev–Trinajstić information content (AvgIpc) is 2.77. The van der Waals surface area contributed by atoms with Crippen LogP contribution in [0.25, 0.3) is 0 Å². The molecule has 0 aliphatic carbocycles. The summed E-state index contributed by atoms with van der Waals surface area (Å²) in [7, 11) is 3.37. The van der Waals surface area contributed by atoms with Gasteiger partial charge in [0, 0.05) is 37.1 Å². The van der Waals surface area contributed by atoms with E-state index in [1.54, 1.807) is 43.3 Å². The largest absolute Gasteiger partial charge is 0.497 e. The number of methoxy groups -OCH3 is 1. The third-order valence-corrected chi connectivity index (χ3v) is 4.84. The molecule has 0 radical (unpaired) electrons. The van der Waals surface area contributed by atoms with Gasteiger partial charge < -0.3 is 9.64 Å². The first-order valence-corrected chi connectivity index (χ1v) is 8.49.